The number of carbonyl (C=O) groups excluding carboxylic acids is 3. The maximum absolute atomic E-state index is 13.6. The molecule has 3 amide bonds. The van der Waals surface area contributed by atoms with Crippen LogP contribution in [0.3, 0.4) is 0 Å². The molecule has 48 heavy (non-hydrogen) atoms. The molecule has 3 aromatic rings. The van der Waals surface area contributed by atoms with Gasteiger partial charge in [0.1, 0.15) is 13.2 Å². The summed E-state index contributed by atoms with van der Waals surface area (Å²) in [6.45, 7) is 11.8. The van der Waals surface area contributed by atoms with E-state index in [-0.39, 0.29) is 42.1 Å². The SMILES string of the molecule is CC(C)(C)[Si](C)(C)N1C(=O)[C@H](CCCCNC(=NC(=O)OCc2ccccc2)NC(=O)OCc2ccccc2)[C@H]1C=Cc1ccccc1. The molecule has 2 N–H and O–H groups in total. The lowest BCUT2D eigenvalue weighted by Gasteiger charge is -2.58. The molecule has 0 spiro atoms. The summed E-state index contributed by atoms with van der Waals surface area (Å²) in [7, 11) is -2.08. The first-order valence-electron chi connectivity index (χ1n) is 16.5. The number of benzene rings is 3. The minimum absolute atomic E-state index is 0.0314. The maximum atomic E-state index is 13.6. The second-order valence-corrected chi connectivity index (χ2v) is 18.6. The van der Waals surface area contributed by atoms with Crippen LogP contribution in [0.1, 0.15) is 56.7 Å². The predicted octanol–water partition coefficient (Wildman–Crippen LogP) is 7.91. The van der Waals surface area contributed by atoms with Gasteiger partial charge in [0.15, 0.2) is 8.24 Å². The van der Waals surface area contributed by atoms with Gasteiger partial charge in [0.2, 0.25) is 11.9 Å². The van der Waals surface area contributed by atoms with Crippen LogP contribution in [0, 0.1) is 5.92 Å². The van der Waals surface area contributed by atoms with Crippen LogP contribution in [0.15, 0.2) is 102 Å². The van der Waals surface area contributed by atoms with E-state index >= 15 is 0 Å². The zero-order valence-electron chi connectivity index (χ0n) is 28.6. The van der Waals surface area contributed by atoms with Gasteiger partial charge in [-0.05, 0) is 34.6 Å². The molecule has 0 aromatic heterocycles. The molecule has 1 heterocycles. The van der Waals surface area contributed by atoms with Crippen LogP contribution in [0.2, 0.25) is 18.1 Å². The van der Waals surface area contributed by atoms with E-state index in [2.05, 4.69) is 78.3 Å². The second-order valence-electron chi connectivity index (χ2n) is 13.5. The fraction of sp³-hybridized carbons (Fsp3) is 0.368. The van der Waals surface area contributed by atoms with Gasteiger partial charge < -0.3 is 19.4 Å². The lowest BCUT2D eigenvalue weighted by atomic mass is 9.85. The quantitative estimate of drug-likeness (QED) is 0.0668. The molecule has 9 nitrogen and oxygen atoms in total. The Morgan fingerprint density at radius 1 is 0.854 bits per heavy atom. The fourth-order valence-corrected chi connectivity index (χ4v) is 7.82. The van der Waals surface area contributed by atoms with Gasteiger partial charge in [-0.1, -0.05) is 143 Å². The monoisotopic (exact) mass is 668 g/mol. The third-order valence-electron chi connectivity index (χ3n) is 9.06. The van der Waals surface area contributed by atoms with Crippen LogP contribution < -0.4 is 10.6 Å². The number of hydrogen-bond acceptors (Lipinski definition) is 5. The van der Waals surface area contributed by atoms with Crippen LogP contribution in [-0.4, -0.2) is 49.4 Å². The van der Waals surface area contributed by atoms with Crippen molar-refractivity contribution in [1.29, 1.82) is 0 Å². The number of guanidine groups is 1. The Morgan fingerprint density at radius 3 is 2.00 bits per heavy atom. The molecule has 0 radical (unpaired) electrons. The first-order chi connectivity index (χ1) is 23.0. The van der Waals surface area contributed by atoms with E-state index in [9.17, 15) is 14.4 Å². The van der Waals surface area contributed by atoms with Crippen molar-refractivity contribution < 1.29 is 23.9 Å². The smallest absolute Gasteiger partial charge is 0.437 e. The second kappa shape index (κ2) is 16.9. The molecular weight excluding hydrogens is 621 g/mol. The van der Waals surface area contributed by atoms with Gasteiger partial charge in [-0.3, -0.25) is 10.1 Å². The van der Waals surface area contributed by atoms with Gasteiger partial charge in [-0.15, -0.1) is 4.99 Å². The molecule has 4 rings (SSSR count). The standard InChI is InChI=1S/C38H48N4O5Si/c1-38(2,3)48(4,5)42-33(25-24-29-17-9-6-10-18-29)32(34(42)43)23-15-16-26-39-35(40-36(44)46-27-30-19-11-7-12-20-30)41-37(45)47-28-31-21-13-8-14-22-31/h6-14,17-22,24-25,32-33H,15-16,23,26-28H2,1-5H3,(H2,39,40,41,44,45)/t32-,33-/m1/s1. The van der Waals surface area contributed by atoms with Crippen LogP contribution in [0.4, 0.5) is 9.59 Å². The average Bonchev–Trinajstić information content (AvgIpc) is 3.06. The van der Waals surface area contributed by atoms with E-state index in [1.165, 1.54) is 0 Å². The lowest BCUT2D eigenvalue weighted by molar-refractivity contribution is -0.145. The highest BCUT2D eigenvalue weighted by atomic mass is 28.3. The van der Waals surface area contributed by atoms with Crippen molar-refractivity contribution in [2.24, 2.45) is 10.9 Å². The van der Waals surface area contributed by atoms with Crippen LogP contribution in [-0.2, 0) is 27.5 Å². The molecule has 1 aliphatic rings. The molecule has 0 saturated carbocycles. The van der Waals surface area contributed by atoms with Crippen LogP contribution in [0.25, 0.3) is 6.08 Å². The Hall–Kier alpha value is -4.70. The first-order valence-corrected chi connectivity index (χ1v) is 19.5. The molecule has 1 saturated heterocycles. The zero-order valence-corrected chi connectivity index (χ0v) is 29.6. The summed E-state index contributed by atoms with van der Waals surface area (Å²) >= 11 is 0. The van der Waals surface area contributed by atoms with Crippen molar-refractivity contribution in [2.75, 3.05) is 6.54 Å². The van der Waals surface area contributed by atoms with Crippen LogP contribution >= 0.6 is 0 Å². The van der Waals surface area contributed by atoms with Gasteiger partial charge >= 0.3 is 12.2 Å². The van der Waals surface area contributed by atoms with Crippen molar-refractivity contribution in [3.05, 3.63) is 114 Å². The number of nitrogens with one attached hydrogen (secondary N) is 2. The number of aliphatic imine (C=N–C) groups is 1. The predicted molar refractivity (Wildman–Crippen MR) is 192 cm³/mol. The summed E-state index contributed by atoms with van der Waals surface area (Å²) in [5.41, 5.74) is 2.76. The third kappa shape index (κ3) is 10.1. The van der Waals surface area contributed by atoms with Crippen molar-refractivity contribution in [1.82, 2.24) is 15.2 Å². The van der Waals surface area contributed by atoms with Crippen LogP contribution in [0.5, 0.6) is 0 Å². The summed E-state index contributed by atoms with van der Waals surface area (Å²) in [4.78, 5) is 42.7. The number of ether oxygens (including phenoxy) is 2. The summed E-state index contributed by atoms with van der Waals surface area (Å²) in [5, 5.41) is 5.61. The lowest BCUT2D eigenvalue weighted by Crippen LogP contribution is -2.72. The molecule has 3 aromatic carbocycles. The Balaban J connectivity index is 1.35. The normalized spacial score (nSPS) is 16.7. The van der Waals surface area contributed by atoms with Crippen molar-refractivity contribution in [2.45, 2.75) is 77.4 Å². The first kappa shape index (κ1) is 36.1. The number of nitrogens with zero attached hydrogens (tertiary/aromatic N) is 2. The molecule has 0 unspecified atom stereocenters. The highest BCUT2D eigenvalue weighted by molar-refractivity contribution is 6.80. The van der Waals surface area contributed by atoms with E-state index in [1.54, 1.807) is 0 Å². The van der Waals surface area contributed by atoms with Gasteiger partial charge in [0, 0.05) is 6.54 Å². The van der Waals surface area contributed by atoms with Gasteiger partial charge in [0.25, 0.3) is 0 Å². The van der Waals surface area contributed by atoms with E-state index in [4.69, 9.17) is 9.47 Å². The summed E-state index contributed by atoms with van der Waals surface area (Å²) < 4.78 is 12.8. The molecule has 2 atom stereocenters. The minimum Gasteiger partial charge on any atom is -0.444 e. The van der Waals surface area contributed by atoms with Crippen molar-refractivity contribution in [3.8, 4) is 0 Å². The Morgan fingerprint density at radius 2 is 1.42 bits per heavy atom. The Kier molecular flexibility index (Phi) is 12.7. The molecule has 10 heteroatoms. The Labute approximate surface area is 285 Å². The molecule has 0 bridgehead atoms. The number of alkyl carbamates (subject to hydrolysis) is 1. The van der Waals surface area contributed by atoms with Crippen molar-refractivity contribution in [3.63, 3.8) is 0 Å². The van der Waals surface area contributed by atoms with E-state index in [0.717, 1.165) is 29.5 Å². The maximum Gasteiger partial charge on any atom is 0.437 e. The summed E-state index contributed by atoms with van der Waals surface area (Å²) in [6.07, 6.45) is 4.91. The number of carbonyl (C=O) groups is 3. The fourth-order valence-electron chi connectivity index (χ4n) is 5.37. The number of unbranched alkanes of at least 4 members (excludes halogenated alkanes) is 1. The van der Waals surface area contributed by atoms with Gasteiger partial charge in [0.05, 0.1) is 12.0 Å². The van der Waals surface area contributed by atoms with E-state index in [0.29, 0.717) is 13.0 Å². The van der Waals surface area contributed by atoms with E-state index < -0.39 is 20.4 Å². The highest BCUT2D eigenvalue weighted by Gasteiger charge is 2.55. The van der Waals surface area contributed by atoms with Gasteiger partial charge in [-0.25, -0.2) is 9.59 Å². The molecular formula is C38H48N4O5Si. The zero-order chi connectivity index (χ0) is 34.6. The molecule has 1 aliphatic heterocycles. The molecule has 254 valence electrons. The third-order valence-corrected chi connectivity index (χ3v) is 14.5. The van der Waals surface area contributed by atoms with Crippen molar-refractivity contribution >= 4 is 38.4 Å². The van der Waals surface area contributed by atoms with E-state index in [1.807, 2.05) is 78.9 Å². The number of β-lactam (4-membered cyclic amide) rings is 1. The summed E-state index contributed by atoms with van der Waals surface area (Å²) in [6, 6.07) is 28.8. The number of rotatable bonds is 12. The summed E-state index contributed by atoms with van der Waals surface area (Å²) in [5.74, 6) is 0.0772. The molecule has 1 fully saturated rings. The largest absolute Gasteiger partial charge is 0.444 e. The number of amides is 3. The Bertz CT molecular complexity index is 1560. The highest BCUT2D eigenvalue weighted by Crippen LogP contribution is 2.46. The number of hydrogen-bond donors (Lipinski definition) is 2. The topological polar surface area (TPSA) is 109 Å². The molecule has 0 aliphatic carbocycles. The van der Waals surface area contributed by atoms with Gasteiger partial charge in [-0.2, -0.15) is 0 Å². The minimum atomic E-state index is -2.08. The average molecular weight is 669 g/mol.